The maximum Gasteiger partial charge on any atom is 0.162 e. The zero-order valence-corrected chi connectivity index (χ0v) is 12.5. The molecule has 2 fully saturated rings. The van der Waals surface area contributed by atoms with Crippen LogP contribution < -0.4 is 4.74 Å². The van der Waals surface area contributed by atoms with Gasteiger partial charge in [-0.1, -0.05) is 18.6 Å². The predicted octanol–water partition coefficient (Wildman–Crippen LogP) is 3.27. The van der Waals surface area contributed by atoms with Gasteiger partial charge >= 0.3 is 0 Å². The molecule has 3 rings (SSSR count). The third-order valence-electron chi connectivity index (χ3n) is 5.17. The molecule has 2 bridgehead atoms. The molecule has 1 aromatic rings. The van der Waals surface area contributed by atoms with Gasteiger partial charge in [0.05, 0.1) is 7.11 Å². The van der Waals surface area contributed by atoms with Gasteiger partial charge in [0.25, 0.3) is 0 Å². The zero-order chi connectivity index (χ0) is 14.1. The summed E-state index contributed by atoms with van der Waals surface area (Å²) in [4.78, 5) is 2.35. The van der Waals surface area contributed by atoms with E-state index in [0.29, 0.717) is 5.75 Å². The van der Waals surface area contributed by atoms with Gasteiger partial charge in [0.1, 0.15) is 0 Å². The summed E-state index contributed by atoms with van der Waals surface area (Å²) in [7, 11) is 3.75. The number of ether oxygens (including phenoxy) is 1. The van der Waals surface area contributed by atoms with Gasteiger partial charge in [0, 0.05) is 18.7 Å². The van der Waals surface area contributed by atoms with Crippen LogP contribution in [0, 0.1) is 17.8 Å². The average Bonchev–Trinajstić information content (AvgIpc) is 3.03. The highest BCUT2D eigenvalue weighted by atomic mass is 16.5. The van der Waals surface area contributed by atoms with Crippen LogP contribution in [-0.4, -0.2) is 30.7 Å². The molecule has 2 saturated carbocycles. The predicted molar refractivity (Wildman–Crippen MR) is 79.9 cm³/mol. The Hall–Kier alpha value is -1.22. The lowest BCUT2D eigenvalue weighted by Gasteiger charge is -2.27. The fourth-order valence-electron chi connectivity index (χ4n) is 4.22. The molecule has 1 N–H and O–H groups in total. The van der Waals surface area contributed by atoms with E-state index in [1.54, 1.807) is 13.2 Å². The highest BCUT2D eigenvalue weighted by Crippen LogP contribution is 2.48. The lowest BCUT2D eigenvalue weighted by molar-refractivity contribution is 0.212. The van der Waals surface area contributed by atoms with Crippen molar-refractivity contribution < 1.29 is 9.84 Å². The largest absolute Gasteiger partial charge is 0.504 e. The monoisotopic (exact) mass is 275 g/mol. The van der Waals surface area contributed by atoms with Crippen molar-refractivity contribution in [3.8, 4) is 11.5 Å². The number of aromatic hydroxyl groups is 1. The number of nitrogens with zero attached hydrogens (tertiary/aromatic N) is 1. The highest BCUT2D eigenvalue weighted by molar-refractivity contribution is 5.45. The number of hydrogen-bond acceptors (Lipinski definition) is 3. The molecule has 3 heteroatoms. The number of fused-ring (bicyclic) bond motifs is 2. The first-order valence-electron chi connectivity index (χ1n) is 7.70. The first kappa shape index (κ1) is 13.7. The number of rotatable bonds is 5. The van der Waals surface area contributed by atoms with E-state index in [0.717, 1.165) is 36.4 Å². The van der Waals surface area contributed by atoms with Crippen molar-refractivity contribution in [2.45, 2.75) is 32.2 Å². The number of benzene rings is 1. The van der Waals surface area contributed by atoms with Crippen molar-refractivity contribution >= 4 is 0 Å². The summed E-state index contributed by atoms with van der Waals surface area (Å²) in [5.74, 6) is 3.68. The number of phenolic OH excluding ortho intramolecular Hbond substituents is 1. The smallest absolute Gasteiger partial charge is 0.162 e. The molecule has 0 amide bonds. The van der Waals surface area contributed by atoms with Crippen molar-refractivity contribution in [3.05, 3.63) is 23.8 Å². The van der Waals surface area contributed by atoms with E-state index in [4.69, 9.17) is 4.74 Å². The molecule has 0 heterocycles. The van der Waals surface area contributed by atoms with Gasteiger partial charge in [-0.25, -0.2) is 0 Å². The molecule has 2 aliphatic rings. The van der Waals surface area contributed by atoms with Gasteiger partial charge in [-0.3, -0.25) is 0 Å². The third kappa shape index (κ3) is 2.64. The first-order valence-corrected chi connectivity index (χ1v) is 7.70. The molecule has 110 valence electrons. The van der Waals surface area contributed by atoms with Crippen LogP contribution in [0.4, 0.5) is 0 Å². The minimum atomic E-state index is 0.287. The van der Waals surface area contributed by atoms with Crippen molar-refractivity contribution in [1.29, 1.82) is 0 Å². The second kappa shape index (κ2) is 5.65. The third-order valence-corrected chi connectivity index (χ3v) is 5.17. The minimum absolute atomic E-state index is 0.287. The molecule has 3 nitrogen and oxygen atoms in total. The van der Waals surface area contributed by atoms with Crippen molar-refractivity contribution in [1.82, 2.24) is 4.90 Å². The summed E-state index contributed by atoms with van der Waals surface area (Å²) < 4.78 is 5.17. The Labute approximate surface area is 121 Å². The van der Waals surface area contributed by atoms with Gasteiger partial charge in [-0.05, 0) is 50.1 Å². The summed E-state index contributed by atoms with van der Waals surface area (Å²) in [6.45, 7) is 1.94. The van der Waals surface area contributed by atoms with Crippen molar-refractivity contribution in [2.75, 3.05) is 20.7 Å². The minimum Gasteiger partial charge on any atom is -0.504 e. The van der Waals surface area contributed by atoms with Gasteiger partial charge in [0.15, 0.2) is 11.5 Å². The Morgan fingerprint density at radius 1 is 1.30 bits per heavy atom. The summed E-state index contributed by atoms with van der Waals surface area (Å²) in [6, 6.07) is 5.73. The Balaban J connectivity index is 1.60. The Bertz CT molecular complexity index is 474. The van der Waals surface area contributed by atoms with E-state index in [2.05, 4.69) is 11.9 Å². The number of para-hydroxylation sites is 1. The normalized spacial score (nSPS) is 28.2. The van der Waals surface area contributed by atoms with E-state index in [1.807, 2.05) is 12.1 Å². The van der Waals surface area contributed by atoms with Gasteiger partial charge in [-0.2, -0.15) is 0 Å². The molecule has 2 aliphatic carbocycles. The van der Waals surface area contributed by atoms with E-state index < -0.39 is 0 Å². The molecule has 1 aromatic carbocycles. The maximum absolute atomic E-state index is 10.2. The SMILES string of the molecule is COc1cccc(CN(C)CC2CC3CCC2C3)c1O. The topological polar surface area (TPSA) is 32.7 Å². The van der Waals surface area contributed by atoms with E-state index >= 15 is 0 Å². The fourth-order valence-corrected chi connectivity index (χ4v) is 4.22. The second-order valence-corrected chi connectivity index (χ2v) is 6.60. The summed E-state index contributed by atoms with van der Waals surface area (Å²) in [5.41, 5.74) is 0.954. The highest BCUT2D eigenvalue weighted by Gasteiger charge is 2.39. The van der Waals surface area contributed by atoms with Gasteiger partial charge < -0.3 is 14.7 Å². The van der Waals surface area contributed by atoms with Crippen LogP contribution in [0.15, 0.2) is 18.2 Å². The summed E-state index contributed by atoms with van der Waals surface area (Å²) in [5, 5.41) is 10.2. The molecule has 0 spiro atoms. The van der Waals surface area contributed by atoms with Crippen LogP contribution in [0.2, 0.25) is 0 Å². The molecule has 3 atom stereocenters. The van der Waals surface area contributed by atoms with Gasteiger partial charge in [0.2, 0.25) is 0 Å². The second-order valence-electron chi connectivity index (χ2n) is 6.60. The summed E-state index contributed by atoms with van der Waals surface area (Å²) in [6.07, 6.45) is 5.77. The van der Waals surface area contributed by atoms with Crippen LogP contribution in [0.25, 0.3) is 0 Å². The van der Waals surface area contributed by atoms with E-state index in [1.165, 1.54) is 25.7 Å². The Morgan fingerprint density at radius 2 is 2.15 bits per heavy atom. The quantitative estimate of drug-likeness (QED) is 0.895. The molecule has 0 saturated heterocycles. The number of methoxy groups -OCH3 is 1. The Kier molecular flexibility index (Phi) is 3.88. The average molecular weight is 275 g/mol. The Morgan fingerprint density at radius 3 is 2.80 bits per heavy atom. The lowest BCUT2D eigenvalue weighted by Crippen LogP contribution is -2.28. The zero-order valence-electron chi connectivity index (χ0n) is 12.5. The molecular weight excluding hydrogens is 250 g/mol. The number of phenols is 1. The molecular formula is C17H25NO2. The number of hydrogen-bond donors (Lipinski definition) is 1. The standard InChI is InChI=1S/C17H25NO2/c1-18(11-15-9-12-6-7-13(15)8-12)10-14-4-3-5-16(20-2)17(14)19/h3-5,12-13,15,19H,6-11H2,1-2H3. The molecule has 0 aromatic heterocycles. The lowest BCUT2D eigenvalue weighted by atomic mass is 9.88. The summed E-state index contributed by atoms with van der Waals surface area (Å²) >= 11 is 0. The van der Waals surface area contributed by atoms with Crippen LogP contribution in [0.5, 0.6) is 11.5 Å². The van der Waals surface area contributed by atoms with Crippen molar-refractivity contribution in [2.24, 2.45) is 17.8 Å². The first-order chi connectivity index (χ1) is 9.67. The van der Waals surface area contributed by atoms with Crippen LogP contribution in [0.1, 0.15) is 31.2 Å². The molecule has 0 aliphatic heterocycles. The van der Waals surface area contributed by atoms with Gasteiger partial charge in [-0.15, -0.1) is 0 Å². The van der Waals surface area contributed by atoms with Crippen molar-refractivity contribution in [3.63, 3.8) is 0 Å². The molecule has 20 heavy (non-hydrogen) atoms. The van der Waals surface area contributed by atoms with E-state index in [9.17, 15) is 5.11 Å². The molecule has 3 unspecified atom stereocenters. The maximum atomic E-state index is 10.2. The van der Waals surface area contributed by atoms with Crippen LogP contribution in [-0.2, 0) is 6.54 Å². The van der Waals surface area contributed by atoms with Crippen LogP contribution >= 0.6 is 0 Å². The van der Waals surface area contributed by atoms with Crippen LogP contribution in [0.3, 0.4) is 0 Å². The fraction of sp³-hybridized carbons (Fsp3) is 0.647. The van der Waals surface area contributed by atoms with E-state index in [-0.39, 0.29) is 5.75 Å². The molecule has 0 radical (unpaired) electrons.